The van der Waals surface area contributed by atoms with Crippen LogP contribution in [-0.2, 0) is 6.42 Å². The highest BCUT2D eigenvalue weighted by Crippen LogP contribution is 2.45. The third kappa shape index (κ3) is 12.7. The van der Waals surface area contributed by atoms with E-state index in [0.29, 0.717) is 18.1 Å². The molecule has 5 fully saturated rings. The van der Waals surface area contributed by atoms with Crippen LogP contribution in [0.15, 0.2) is 0 Å². The van der Waals surface area contributed by atoms with Gasteiger partial charge in [0.25, 0.3) is 0 Å². The van der Waals surface area contributed by atoms with Crippen LogP contribution in [0.2, 0.25) is 0 Å². The van der Waals surface area contributed by atoms with E-state index in [4.69, 9.17) is 4.74 Å². The summed E-state index contributed by atoms with van der Waals surface area (Å²) < 4.78 is 36.8. The molecule has 0 N–H and O–H groups in total. The van der Waals surface area contributed by atoms with Crippen LogP contribution in [0, 0.1) is 86.9 Å². The van der Waals surface area contributed by atoms with E-state index >= 15 is 8.78 Å². The number of halogens is 2. The summed E-state index contributed by atoms with van der Waals surface area (Å²) in [5.41, 5.74) is 5.61. The molecule has 0 aliphatic heterocycles. The maximum atomic E-state index is 15.5. The van der Waals surface area contributed by atoms with E-state index in [1.54, 1.807) is 0 Å². The Kier molecular flexibility index (Phi) is 17.8. The molecule has 1 nitrogen and oxygen atoms in total. The number of alkyl halides is 2. The smallest absolute Gasteiger partial charge is 0.397 e. The lowest BCUT2D eigenvalue weighted by Gasteiger charge is -2.36. The Bertz CT molecular complexity index is 1200. The van der Waals surface area contributed by atoms with Gasteiger partial charge < -0.3 is 4.74 Å². The summed E-state index contributed by atoms with van der Waals surface area (Å²) in [6, 6.07) is 0. The number of hydrogen-bond donors (Lipinski definition) is 0. The zero-order chi connectivity index (χ0) is 36.8. The molecule has 5 aliphatic rings. The molecule has 5 aliphatic carbocycles. The number of rotatable bonds is 13. The Morgan fingerprint density at radius 2 is 0.741 bits per heavy atom. The van der Waals surface area contributed by atoms with Crippen molar-refractivity contribution < 1.29 is 13.5 Å². The van der Waals surface area contributed by atoms with E-state index in [9.17, 15) is 0 Å². The van der Waals surface area contributed by atoms with Gasteiger partial charge in [-0.3, -0.25) is 0 Å². The largest absolute Gasteiger partial charge is 0.432 e. The first-order valence-electron chi connectivity index (χ1n) is 23.1. The molecule has 6 rings (SSSR count). The van der Waals surface area contributed by atoms with Crippen LogP contribution in [0.25, 0.3) is 0 Å². The molecule has 5 saturated carbocycles. The van der Waals surface area contributed by atoms with Crippen molar-refractivity contribution in [2.75, 3.05) is 0 Å². The first kappa shape index (κ1) is 45.6. The Morgan fingerprint density at radius 1 is 0.444 bits per heavy atom. The average Bonchev–Trinajstić information content (AvgIpc) is 3.14. The van der Waals surface area contributed by atoms with Gasteiger partial charge in [-0.05, 0) is 160 Å². The van der Waals surface area contributed by atoms with Crippen LogP contribution in [0.3, 0.4) is 0 Å². The zero-order valence-electron chi connectivity index (χ0n) is 34.8. The van der Waals surface area contributed by atoms with Gasteiger partial charge in [0.15, 0.2) is 0 Å². The molecule has 3 heteroatoms. The van der Waals surface area contributed by atoms with Crippen LogP contribution in [0.1, 0.15) is 217 Å². The van der Waals surface area contributed by atoms with Gasteiger partial charge >= 0.3 is 6.11 Å². The van der Waals surface area contributed by atoms with Gasteiger partial charge in [-0.1, -0.05) is 144 Å². The third-order valence-electron chi connectivity index (χ3n) is 16.5. The monoisotopic (exact) mass is 755 g/mol. The topological polar surface area (TPSA) is 9.23 Å². The van der Waals surface area contributed by atoms with E-state index < -0.39 is 6.11 Å². The fourth-order valence-corrected chi connectivity index (χ4v) is 12.4. The molecule has 0 atom stereocenters. The van der Waals surface area contributed by atoms with Gasteiger partial charge in [0, 0.05) is 0 Å². The standard InChI is InChI=1S/C49H80F2O.2CH4/c1-33-7-11-40(12-8-33)29-43-19-21-44(22-20-43)31-42-17-15-39(16-18-42)27-28-49(50,51)52-48-37(5)35(3)47(36(4)38(48)6)32-46-25-23-45(24-26-46)30-41-13-9-34(2)10-14-41;;/h33-34,39-46H,7-32H2,1-6H3;2*1H4. The van der Waals surface area contributed by atoms with Gasteiger partial charge in [0.05, 0.1) is 6.42 Å². The number of ether oxygens (including phenoxy) is 1. The summed E-state index contributed by atoms with van der Waals surface area (Å²) >= 11 is 0. The quantitative estimate of drug-likeness (QED) is 0.195. The molecule has 0 saturated heterocycles. The number of hydrogen-bond acceptors (Lipinski definition) is 1. The molecule has 1 aromatic carbocycles. The Balaban J connectivity index is 0.00000325. The molecule has 1 aromatic rings. The maximum Gasteiger partial charge on any atom is 0.397 e. The lowest BCUT2D eigenvalue weighted by atomic mass is 9.70. The highest BCUT2D eigenvalue weighted by molar-refractivity contribution is 5.54. The second kappa shape index (κ2) is 21.0. The predicted octanol–water partition coefficient (Wildman–Crippen LogP) is 16.7. The lowest BCUT2D eigenvalue weighted by molar-refractivity contribution is -0.184. The van der Waals surface area contributed by atoms with Crippen LogP contribution < -0.4 is 4.74 Å². The third-order valence-corrected chi connectivity index (χ3v) is 16.5. The minimum absolute atomic E-state index is 0. The highest BCUT2D eigenvalue weighted by Gasteiger charge is 2.36. The van der Waals surface area contributed by atoms with E-state index in [1.807, 2.05) is 13.8 Å². The lowest BCUT2D eigenvalue weighted by Crippen LogP contribution is -2.28. The van der Waals surface area contributed by atoms with Crippen molar-refractivity contribution in [1.29, 1.82) is 0 Å². The molecule has 0 amide bonds. The van der Waals surface area contributed by atoms with Gasteiger partial charge in [0.1, 0.15) is 5.75 Å². The van der Waals surface area contributed by atoms with Gasteiger partial charge in [0.2, 0.25) is 0 Å². The number of benzene rings is 1. The van der Waals surface area contributed by atoms with Crippen molar-refractivity contribution in [2.45, 2.75) is 229 Å². The molecule has 0 spiro atoms. The van der Waals surface area contributed by atoms with E-state index in [-0.39, 0.29) is 21.3 Å². The van der Waals surface area contributed by atoms with E-state index in [2.05, 4.69) is 27.7 Å². The first-order chi connectivity index (χ1) is 24.9. The van der Waals surface area contributed by atoms with Crippen molar-refractivity contribution in [3.8, 4) is 5.75 Å². The molecule has 0 heterocycles. The molecule has 0 aromatic heterocycles. The second-order valence-electron chi connectivity index (χ2n) is 20.4. The molecular formula is C51H88F2O. The van der Waals surface area contributed by atoms with Crippen molar-refractivity contribution in [1.82, 2.24) is 0 Å². The minimum atomic E-state index is -3.12. The summed E-state index contributed by atoms with van der Waals surface area (Å²) in [6.07, 6.45) is 30.4. The van der Waals surface area contributed by atoms with Crippen molar-refractivity contribution >= 4 is 0 Å². The molecule has 0 radical (unpaired) electrons. The maximum absolute atomic E-state index is 15.5. The average molecular weight is 755 g/mol. The van der Waals surface area contributed by atoms with Crippen molar-refractivity contribution in [2.24, 2.45) is 59.2 Å². The summed E-state index contributed by atoms with van der Waals surface area (Å²) in [4.78, 5) is 0. The predicted molar refractivity (Wildman–Crippen MR) is 230 cm³/mol. The molecule has 54 heavy (non-hydrogen) atoms. The molecule has 312 valence electrons. The van der Waals surface area contributed by atoms with Crippen LogP contribution >= 0.6 is 0 Å². The Morgan fingerprint density at radius 3 is 1.09 bits per heavy atom. The minimum Gasteiger partial charge on any atom is -0.432 e. The van der Waals surface area contributed by atoms with Crippen molar-refractivity contribution in [3.63, 3.8) is 0 Å². The van der Waals surface area contributed by atoms with Crippen LogP contribution in [0.5, 0.6) is 5.75 Å². The normalized spacial score (nSPS) is 33.7. The summed E-state index contributed by atoms with van der Waals surface area (Å²) in [5, 5.41) is 0. The van der Waals surface area contributed by atoms with Gasteiger partial charge in [-0.25, -0.2) is 0 Å². The van der Waals surface area contributed by atoms with E-state index in [0.717, 1.165) is 83.7 Å². The summed E-state index contributed by atoms with van der Waals surface area (Å²) in [7, 11) is 0. The summed E-state index contributed by atoms with van der Waals surface area (Å²) in [6.45, 7) is 13.2. The van der Waals surface area contributed by atoms with Gasteiger partial charge in [-0.15, -0.1) is 0 Å². The van der Waals surface area contributed by atoms with Crippen LogP contribution in [-0.4, -0.2) is 6.11 Å². The first-order valence-corrected chi connectivity index (χ1v) is 23.1. The Hall–Kier alpha value is -1.12. The zero-order valence-corrected chi connectivity index (χ0v) is 34.8. The van der Waals surface area contributed by atoms with E-state index in [1.165, 1.54) is 152 Å². The fraction of sp³-hybridized carbons (Fsp3) is 0.882. The fourth-order valence-electron chi connectivity index (χ4n) is 12.4. The molecular weight excluding hydrogens is 667 g/mol. The van der Waals surface area contributed by atoms with Crippen molar-refractivity contribution in [3.05, 3.63) is 27.8 Å². The highest BCUT2D eigenvalue weighted by atomic mass is 19.3. The van der Waals surface area contributed by atoms with Gasteiger partial charge in [-0.2, -0.15) is 8.78 Å². The SMILES string of the molecule is C.C.Cc1c(C)c(OC(F)(F)CCC2CCC(CC3CCC(CC4CCC(C)CC4)CC3)CC2)c(C)c(C)c1CC1CCC(CC2CCC(C)CC2)CC1. The van der Waals surface area contributed by atoms with Crippen LogP contribution in [0.4, 0.5) is 8.78 Å². The summed E-state index contributed by atoms with van der Waals surface area (Å²) in [5.74, 6) is 9.12. The second-order valence-corrected chi connectivity index (χ2v) is 20.4. The Labute approximate surface area is 334 Å². The molecule has 0 bridgehead atoms. The molecule has 0 unspecified atom stereocenters.